The van der Waals surface area contributed by atoms with Gasteiger partial charge in [0.05, 0.1) is 28.3 Å². The van der Waals surface area contributed by atoms with E-state index in [1.165, 1.54) is 6.07 Å². The quantitative estimate of drug-likeness (QED) is 0.588. The average molecular weight is 459 g/mol. The van der Waals surface area contributed by atoms with Gasteiger partial charge in [0, 0.05) is 6.54 Å². The molecule has 0 aliphatic carbocycles. The summed E-state index contributed by atoms with van der Waals surface area (Å²) in [4.78, 5) is 14.7. The molecule has 7 nitrogen and oxygen atoms in total. The van der Waals surface area contributed by atoms with Crippen LogP contribution in [0.1, 0.15) is 32.8 Å². The summed E-state index contributed by atoms with van der Waals surface area (Å²) in [6.45, 7) is 12.3. The number of hydrogen-bond donors (Lipinski definition) is 1. The van der Waals surface area contributed by atoms with E-state index in [4.69, 9.17) is 9.47 Å². The lowest BCUT2D eigenvalue weighted by Gasteiger charge is -2.27. The fourth-order valence-corrected chi connectivity index (χ4v) is 4.53. The minimum Gasteiger partial charge on any atom is -0.493 e. The zero-order valence-corrected chi connectivity index (χ0v) is 19.8. The van der Waals surface area contributed by atoms with Crippen molar-refractivity contribution in [2.75, 3.05) is 29.4 Å². The molecule has 1 N–H and O–H groups in total. The van der Waals surface area contributed by atoms with Crippen LogP contribution in [-0.4, -0.2) is 34.1 Å². The molecule has 3 rings (SSSR count). The summed E-state index contributed by atoms with van der Waals surface area (Å²) in [5.41, 5.74) is 0.848. The second-order valence-corrected chi connectivity index (χ2v) is 10.1. The number of fused-ring (bicyclic) bond motifs is 1. The predicted octanol–water partition coefficient (Wildman–Crippen LogP) is 4.52. The molecule has 32 heavy (non-hydrogen) atoms. The maximum Gasteiger partial charge on any atom is 0.261 e. The summed E-state index contributed by atoms with van der Waals surface area (Å²) in [5.74, 6) is 1.06. The van der Waals surface area contributed by atoms with E-state index in [2.05, 4.69) is 11.3 Å². The summed E-state index contributed by atoms with van der Waals surface area (Å²) in [7, 11) is -3.84. The number of sulfonamides is 1. The van der Waals surface area contributed by atoms with Gasteiger partial charge in [0.1, 0.15) is 18.1 Å². The number of carbonyl (C=O) groups excluding carboxylic acids is 1. The van der Waals surface area contributed by atoms with Crippen LogP contribution in [0.3, 0.4) is 0 Å². The Morgan fingerprint density at radius 1 is 1.25 bits per heavy atom. The molecule has 0 unspecified atom stereocenters. The van der Waals surface area contributed by atoms with E-state index >= 15 is 0 Å². The van der Waals surface area contributed by atoms with Gasteiger partial charge in [-0.05, 0) is 69.2 Å². The van der Waals surface area contributed by atoms with E-state index in [1.807, 2.05) is 27.7 Å². The summed E-state index contributed by atoms with van der Waals surface area (Å²) >= 11 is 0. The molecule has 0 saturated carbocycles. The zero-order chi connectivity index (χ0) is 23.5. The Balaban J connectivity index is 1.92. The lowest BCUT2D eigenvalue weighted by molar-refractivity contribution is -0.127. The second-order valence-electron chi connectivity index (χ2n) is 8.44. The Morgan fingerprint density at radius 2 is 2.00 bits per heavy atom. The SMILES string of the molecule is C=CCN1C(=O)C(C)(C)COc2ccc(NS(=O)(=O)c3ccc(OCCC)c(C)c3)cc21. The molecule has 1 aliphatic rings. The van der Waals surface area contributed by atoms with Gasteiger partial charge in [-0.25, -0.2) is 8.42 Å². The molecular weight excluding hydrogens is 428 g/mol. The molecule has 1 aliphatic heterocycles. The fraction of sp³-hybridized carbons (Fsp3) is 0.375. The molecule has 0 saturated heterocycles. The topological polar surface area (TPSA) is 84.9 Å². The van der Waals surface area contributed by atoms with Crippen LogP contribution in [0.15, 0.2) is 53.9 Å². The van der Waals surface area contributed by atoms with E-state index in [9.17, 15) is 13.2 Å². The number of benzene rings is 2. The third kappa shape index (κ3) is 4.91. The normalized spacial score (nSPS) is 15.4. The van der Waals surface area contributed by atoms with Gasteiger partial charge in [0.2, 0.25) is 5.91 Å². The lowest BCUT2D eigenvalue weighted by Crippen LogP contribution is -2.42. The van der Waals surface area contributed by atoms with Crippen LogP contribution in [0, 0.1) is 12.3 Å². The van der Waals surface area contributed by atoms with E-state index < -0.39 is 15.4 Å². The monoisotopic (exact) mass is 458 g/mol. The third-order valence-electron chi connectivity index (χ3n) is 5.14. The van der Waals surface area contributed by atoms with Crippen molar-refractivity contribution in [3.63, 3.8) is 0 Å². The van der Waals surface area contributed by atoms with E-state index in [-0.39, 0.29) is 24.0 Å². The average Bonchev–Trinajstić information content (AvgIpc) is 2.83. The largest absolute Gasteiger partial charge is 0.493 e. The molecule has 8 heteroatoms. The number of nitrogens with zero attached hydrogens (tertiary/aromatic N) is 1. The summed E-state index contributed by atoms with van der Waals surface area (Å²) in [6, 6.07) is 9.67. The van der Waals surface area contributed by atoms with Gasteiger partial charge in [-0.1, -0.05) is 13.0 Å². The Bertz CT molecular complexity index is 1130. The third-order valence-corrected chi connectivity index (χ3v) is 6.52. The standard InChI is InChI=1S/C24H30N2O5S/c1-6-12-26-20-15-18(8-10-22(20)31-16-24(4,5)23(26)27)25-32(28,29)19-9-11-21(17(3)14-19)30-13-7-2/h6,8-11,14-15,25H,1,7,12-13,16H2,2-5H3. The van der Waals surface area contributed by atoms with E-state index in [1.54, 1.807) is 41.3 Å². The zero-order valence-electron chi connectivity index (χ0n) is 19.0. The predicted molar refractivity (Wildman–Crippen MR) is 126 cm³/mol. The molecule has 0 aromatic heterocycles. The van der Waals surface area contributed by atoms with Gasteiger partial charge in [-0.15, -0.1) is 6.58 Å². The number of nitrogens with one attached hydrogen (secondary N) is 1. The molecule has 0 atom stereocenters. The van der Waals surface area contributed by atoms with Crippen molar-refractivity contribution in [1.82, 2.24) is 0 Å². The maximum absolute atomic E-state index is 13.0. The number of aryl methyl sites for hydroxylation is 1. The van der Waals surface area contributed by atoms with Crippen molar-refractivity contribution >= 4 is 27.3 Å². The van der Waals surface area contributed by atoms with E-state index in [0.29, 0.717) is 29.5 Å². The first-order valence-corrected chi connectivity index (χ1v) is 12.0. The summed E-state index contributed by atoms with van der Waals surface area (Å²) < 4.78 is 40.1. The van der Waals surface area contributed by atoms with Crippen molar-refractivity contribution in [3.8, 4) is 11.5 Å². The Morgan fingerprint density at radius 3 is 2.66 bits per heavy atom. The van der Waals surface area contributed by atoms with E-state index in [0.717, 1.165) is 12.0 Å². The van der Waals surface area contributed by atoms with Crippen molar-refractivity contribution in [3.05, 3.63) is 54.6 Å². The van der Waals surface area contributed by atoms with Crippen LogP contribution in [0.4, 0.5) is 11.4 Å². The van der Waals surface area contributed by atoms with Gasteiger partial charge in [0.15, 0.2) is 0 Å². The maximum atomic E-state index is 13.0. The van der Waals surface area contributed by atoms with Crippen LogP contribution in [0.25, 0.3) is 0 Å². The highest BCUT2D eigenvalue weighted by Gasteiger charge is 2.37. The first kappa shape index (κ1) is 23.7. The molecule has 0 radical (unpaired) electrons. The molecule has 1 amide bonds. The number of hydrogen-bond acceptors (Lipinski definition) is 5. The Labute approximate surface area is 190 Å². The number of anilines is 2. The van der Waals surface area contributed by atoms with Crippen LogP contribution in [0.5, 0.6) is 11.5 Å². The van der Waals surface area contributed by atoms with Crippen molar-refractivity contribution < 1.29 is 22.7 Å². The van der Waals surface area contributed by atoms with Crippen molar-refractivity contribution in [2.24, 2.45) is 5.41 Å². The van der Waals surface area contributed by atoms with Crippen LogP contribution >= 0.6 is 0 Å². The molecule has 172 valence electrons. The van der Waals surface area contributed by atoms with Gasteiger partial charge in [0.25, 0.3) is 10.0 Å². The molecule has 2 aromatic rings. The molecule has 2 aromatic carbocycles. The van der Waals surface area contributed by atoms with Crippen LogP contribution in [0.2, 0.25) is 0 Å². The number of ether oxygens (including phenoxy) is 2. The van der Waals surface area contributed by atoms with Crippen molar-refractivity contribution in [1.29, 1.82) is 0 Å². The number of rotatable bonds is 8. The minimum absolute atomic E-state index is 0.116. The molecular formula is C24H30N2O5S. The summed E-state index contributed by atoms with van der Waals surface area (Å²) in [6.07, 6.45) is 2.50. The Kier molecular flexibility index (Phi) is 6.83. The van der Waals surface area contributed by atoms with Gasteiger partial charge >= 0.3 is 0 Å². The molecule has 1 heterocycles. The Hall–Kier alpha value is -3.00. The highest BCUT2D eigenvalue weighted by Crippen LogP contribution is 2.38. The first-order valence-electron chi connectivity index (χ1n) is 10.5. The second kappa shape index (κ2) is 9.24. The highest BCUT2D eigenvalue weighted by atomic mass is 32.2. The summed E-state index contributed by atoms with van der Waals surface area (Å²) in [5, 5.41) is 0. The fourth-order valence-electron chi connectivity index (χ4n) is 3.40. The molecule has 0 fully saturated rings. The molecule has 0 bridgehead atoms. The van der Waals surface area contributed by atoms with Crippen LogP contribution in [-0.2, 0) is 14.8 Å². The van der Waals surface area contributed by atoms with Crippen LogP contribution < -0.4 is 19.1 Å². The first-order chi connectivity index (χ1) is 15.1. The van der Waals surface area contributed by atoms with Gasteiger partial charge in [-0.2, -0.15) is 0 Å². The highest BCUT2D eigenvalue weighted by molar-refractivity contribution is 7.92. The van der Waals surface area contributed by atoms with Gasteiger partial charge in [-0.3, -0.25) is 9.52 Å². The van der Waals surface area contributed by atoms with Crippen molar-refractivity contribution in [2.45, 2.75) is 39.0 Å². The minimum atomic E-state index is -3.84. The molecule has 0 spiro atoms. The lowest BCUT2D eigenvalue weighted by atomic mass is 9.93. The smallest absolute Gasteiger partial charge is 0.261 e. The number of carbonyl (C=O) groups is 1. The number of amides is 1. The van der Waals surface area contributed by atoms with Gasteiger partial charge < -0.3 is 14.4 Å².